The summed E-state index contributed by atoms with van der Waals surface area (Å²) in [5.74, 6) is 0.565. The third-order valence-corrected chi connectivity index (χ3v) is 8.65. The highest BCUT2D eigenvalue weighted by molar-refractivity contribution is 5.33. The van der Waals surface area contributed by atoms with E-state index in [9.17, 15) is 26.3 Å². The second-order valence-corrected chi connectivity index (χ2v) is 11.3. The van der Waals surface area contributed by atoms with Gasteiger partial charge in [-0.15, -0.1) is 13.2 Å². The second-order valence-electron chi connectivity index (χ2n) is 11.3. The van der Waals surface area contributed by atoms with Gasteiger partial charge in [0.1, 0.15) is 5.75 Å². The molecule has 0 spiro atoms. The largest absolute Gasteiger partial charge is 0.573 e. The van der Waals surface area contributed by atoms with Gasteiger partial charge in [0.15, 0.2) is 11.6 Å². The Morgan fingerprint density at radius 1 is 0.718 bits per heavy atom. The molecule has 0 saturated heterocycles. The number of halogens is 6. The molecule has 0 bridgehead atoms. The Bertz CT molecular complexity index is 1040. The van der Waals surface area contributed by atoms with Gasteiger partial charge >= 0.3 is 12.5 Å². The Morgan fingerprint density at radius 2 is 1.28 bits per heavy atom. The van der Waals surface area contributed by atoms with Gasteiger partial charge in [-0.1, -0.05) is 57.6 Å². The lowest BCUT2D eigenvalue weighted by Gasteiger charge is -2.38. The molecule has 4 rings (SSSR count). The van der Waals surface area contributed by atoms with E-state index in [0.29, 0.717) is 18.1 Å². The maximum Gasteiger partial charge on any atom is 0.573 e. The summed E-state index contributed by atoms with van der Waals surface area (Å²) in [4.78, 5) is 0. The molecule has 0 amide bonds. The molecular formula is C31H38F6O2. The summed E-state index contributed by atoms with van der Waals surface area (Å²) in [6.07, 6.45) is 6.32. The molecule has 2 fully saturated rings. The topological polar surface area (TPSA) is 18.5 Å². The Balaban J connectivity index is 1.22. The van der Waals surface area contributed by atoms with Gasteiger partial charge in [-0.25, -0.2) is 4.39 Å². The molecule has 39 heavy (non-hydrogen) atoms. The number of alkyl halides is 5. The van der Waals surface area contributed by atoms with Crippen molar-refractivity contribution in [3.05, 3.63) is 59.4 Å². The number of hydrogen-bond donors (Lipinski definition) is 0. The van der Waals surface area contributed by atoms with Gasteiger partial charge in [-0.3, -0.25) is 0 Å². The van der Waals surface area contributed by atoms with Crippen molar-refractivity contribution in [2.24, 2.45) is 23.7 Å². The fourth-order valence-corrected chi connectivity index (χ4v) is 6.50. The van der Waals surface area contributed by atoms with Gasteiger partial charge in [-0.2, -0.15) is 8.78 Å². The van der Waals surface area contributed by atoms with Crippen LogP contribution >= 0.6 is 0 Å². The molecule has 2 saturated carbocycles. The first-order valence-corrected chi connectivity index (χ1v) is 14.2. The standard InChI is InChI=1S/C31H38F6O2/c1-2-3-21-6-12-24(13-7-21)25-14-8-22(9-15-25)4-5-23-10-17-27(18-11-23)38-30(33,34)26-16-19-29(28(32)20-26)39-31(35,36)37/h10-11,16-22,24-25H,2-9,12-15H2,1H3. The van der Waals surface area contributed by atoms with Crippen LogP contribution in [0.3, 0.4) is 0 Å². The maximum absolute atomic E-state index is 14.6. The molecule has 0 N–H and O–H groups in total. The van der Waals surface area contributed by atoms with Crippen LogP contribution in [0.1, 0.15) is 88.7 Å². The van der Waals surface area contributed by atoms with Crippen LogP contribution in [0.15, 0.2) is 42.5 Å². The third-order valence-electron chi connectivity index (χ3n) is 8.65. The van der Waals surface area contributed by atoms with Crippen LogP contribution in [0.25, 0.3) is 0 Å². The number of rotatable bonds is 10. The smallest absolute Gasteiger partial charge is 0.429 e. The van der Waals surface area contributed by atoms with Crippen molar-refractivity contribution in [1.82, 2.24) is 0 Å². The Labute approximate surface area is 227 Å². The molecular weight excluding hydrogens is 518 g/mol. The number of hydrogen-bond acceptors (Lipinski definition) is 2. The van der Waals surface area contributed by atoms with Crippen LogP contribution in [-0.2, 0) is 12.5 Å². The molecule has 0 aliphatic heterocycles. The monoisotopic (exact) mass is 556 g/mol. The first kappa shape index (κ1) is 29.6. The van der Waals surface area contributed by atoms with Gasteiger partial charge < -0.3 is 9.47 Å². The van der Waals surface area contributed by atoms with Crippen molar-refractivity contribution in [3.8, 4) is 11.5 Å². The average molecular weight is 557 g/mol. The number of ether oxygens (including phenoxy) is 2. The minimum Gasteiger partial charge on any atom is -0.429 e. The quantitative estimate of drug-likeness (QED) is 0.271. The zero-order chi connectivity index (χ0) is 28.0. The molecule has 0 unspecified atom stereocenters. The molecule has 8 heteroatoms. The van der Waals surface area contributed by atoms with E-state index < -0.39 is 29.6 Å². The Kier molecular flexibility index (Phi) is 9.76. The maximum atomic E-state index is 14.6. The summed E-state index contributed by atoms with van der Waals surface area (Å²) < 4.78 is 88.1. The van der Waals surface area contributed by atoms with E-state index in [4.69, 9.17) is 4.74 Å². The summed E-state index contributed by atoms with van der Waals surface area (Å²) >= 11 is 0. The summed E-state index contributed by atoms with van der Waals surface area (Å²) in [6, 6.07) is 7.79. The minimum atomic E-state index is -5.13. The lowest BCUT2D eigenvalue weighted by Crippen LogP contribution is -2.26. The van der Waals surface area contributed by atoms with E-state index in [1.165, 1.54) is 76.3 Å². The van der Waals surface area contributed by atoms with E-state index in [2.05, 4.69) is 11.7 Å². The highest BCUT2D eigenvalue weighted by atomic mass is 19.4. The number of aryl methyl sites for hydroxylation is 1. The van der Waals surface area contributed by atoms with Crippen molar-refractivity contribution in [3.63, 3.8) is 0 Å². The molecule has 2 aliphatic carbocycles. The van der Waals surface area contributed by atoms with E-state index in [-0.39, 0.29) is 11.8 Å². The van der Waals surface area contributed by atoms with Gasteiger partial charge in [0, 0.05) is 0 Å². The van der Waals surface area contributed by atoms with Gasteiger partial charge in [0.25, 0.3) is 0 Å². The third kappa shape index (κ3) is 8.55. The fourth-order valence-electron chi connectivity index (χ4n) is 6.50. The normalized spacial score (nSPS) is 24.4. The van der Waals surface area contributed by atoms with Crippen molar-refractivity contribution in [2.75, 3.05) is 0 Å². The van der Waals surface area contributed by atoms with E-state index in [1.807, 2.05) is 0 Å². The van der Waals surface area contributed by atoms with Crippen LogP contribution in [0.4, 0.5) is 26.3 Å². The van der Waals surface area contributed by atoms with Gasteiger partial charge in [0.05, 0.1) is 5.56 Å². The molecule has 2 aromatic rings. The average Bonchev–Trinajstić information content (AvgIpc) is 2.89. The molecule has 0 aromatic heterocycles. The summed E-state index contributed by atoms with van der Waals surface area (Å²) in [7, 11) is 0. The summed E-state index contributed by atoms with van der Waals surface area (Å²) in [6.45, 7) is 2.28. The first-order valence-electron chi connectivity index (χ1n) is 14.2. The second kappa shape index (κ2) is 12.9. The first-order chi connectivity index (χ1) is 18.5. The zero-order valence-electron chi connectivity index (χ0n) is 22.4. The molecule has 2 nitrogen and oxygen atoms in total. The van der Waals surface area contributed by atoms with Crippen LogP contribution in [0.2, 0.25) is 0 Å². The number of benzene rings is 2. The van der Waals surface area contributed by atoms with Crippen molar-refractivity contribution in [1.29, 1.82) is 0 Å². The van der Waals surface area contributed by atoms with Crippen LogP contribution in [0, 0.1) is 29.5 Å². The predicted octanol–water partition coefficient (Wildman–Crippen LogP) is 10.2. The van der Waals surface area contributed by atoms with Crippen molar-refractivity contribution >= 4 is 0 Å². The molecule has 0 radical (unpaired) electrons. The highest BCUT2D eigenvalue weighted by Gasteiger charge is 2.37. The fraction of sp³-hybridized carbons (Fsp3) is 0.613. The van der Waals surface area contributed by atoms with E-state index >= 15 is 0 Å². The SMILES string of the molecule is CCCC1CCC(C2CCC(CCc3ccc(OC(F)(F)c4ccc(OC(F)(F)F)c(F)c4)cc3)CC2)CC1. The lowest BCUT2D eigenvalue weighted by atomic mass is 9.68. The van der Waals surface area contributed by atoms with Crippen LogP contribution in [-0.4, -0.2) is 6.36 Å². The van der Waals surface area contributed by atoms with Crippen molar-refractivity contribution < 1.29 is 35.8 Å². The van der Waals surface area contributed by atoms with Gasteiger partial charge in [0.2, 0.25) is 0 Å². The molecule has 0 heterocycles. The van der Waals surface area contributed by atoms with Crippen LogP contribution < -0.4 is 9.47 Å². The Hall–Kier alpha value is -2.38. The summed E-state index contributed by atoms with van der Waals surface area (Å²) in [5.41, 5.74) is 0.116. The Morgan fingerprint density at radius 3 is 1.79 bits per heavy atom. The van der Waals surface area contributed by atoms with Gasteiger partial charge in [-0.05, 0) is 98.1 Å². The molecule has 0 atom stereocenters. The summed E-state index contributed by atoms with van der Waals surface area (Å²) in [5, 5.41) is 0. The van der Waals surface area contributed by atoms with E-state index in [0.717, 1.165) is 36.2 Å². The predicted molar refractivity (Wildman–Crippen MR) is 138 cm³/mol. The molecule has 2 aliphatic rings. The highest BCUT2D eigenvalue weighted by Crippen LogP contribution is 2.43. The van der Waals surface area contributed by atoms with Crippen LogP contribution in [0.5, 0.6) is 11.5 Å². The zero-order valence-corrected chi connectivity index (χ0v) is 22.4. The molecule has 216 valence electrons. The minimum absolute atomic E-state index is 0.117. The lowest BCUT2D eigenvalue weighted by molar-refractivity contribution is -0.275. The van der Waals surface area contributed by atoms with E-state index in [1.54, 1.807) is 12.1 Å². The molecule has 2 aromatic carbocycles. The van der Waals surface area contributed by atoms with Crippen molar-refractivity contribution in [2.45, 2.75) is 96.4 Å².